The van der Waals surface area contributed by atoms with Crippen LogP contribution in [0.4, 0.5) is 11.4 Å². The largest absolute Gasteiger partial charge is 0.870 e. The van der Waals surface area contributed by atoms with Crippen molar-refractivity contribution in [3.05, 3.63) is 60.7 Å². The molecule has 0 aliphatic carbocycles. The number of benzene rings is 2. The number of quaternary nitrogens is 1. The predicted octanol–water partition coefficient (Wildman–Crippen LogP) is 6.14. The lowest BCUT2D eigenvalue weighted by molar-refractivity contribution is 0.367. The number of nitrogens with zero attached hydrogens (tertiary/aromatic N) is 1. The van der Waals surface area contributed by atoms with Gasteiger partial charge in [-0.15, -0.1) is 0 Å². The summed E-state index contributed by atoms with van der Waals surface area (Å²) in [6, 6.07) is 22.1. The lowest BCUT2D eigenvalue weighted by Crippen LogP contribution is -2.45. The fourth-order valence-electron chi connectivity index (χ4n) is 3.39. The maximum atomic E-state index is 2.30. The van der Waals surface area contributed by atoms with E-state index in [0.29, 0.717) is 0 Å². The minimum atomic E-state index is 0. The molecule has 0 spiro atoms. The zero-order chi connectivity index (χ0) is 15.7. The van der Waals surface area contributed by atoms with Gasteiger partial charge in [0.25, 0.3) is 0 Å². The van der Waals surface area contributed by atoms with Gasteiger partial charge in [-0.1, -0.05) is 63.1 Å². The van der Waals surface area contributed by atoms with Crippen LogP contribution in [0.25, 0.3) is 0 Å². The van der Waals surface area contributed by atoms with Crippen LogP contribution in [0.5, 0.6) is 0 Å². The highest BCUT2D eigenvalue weighted by atomic mass is 16.0. The molecule has 2 nitrogen and oxygen atoms in total. The summed E-state index contributed by atoms with van der Waals surface area (Å²) in [7, 11) is 0. The molecule has 0 heterocycles. The van der Waals surface area contributed by atoms with Gasteiger partial charge in [-0.3, -0.25) is 4.48 Å². The molecule has 0 saturated carbocycles. The van der Waals surface area contributed by atoms with Crippen molar-refractivity contribution >= 4 is 11.4 Å². The average molecular weight is 313 g/mol. The molecule has 23 heavy (non-hydrogen) atoms. The number of unbranched alkanes of at least 4 members (excludes halogenated alkanes) is 3. The molecular weight excluding hydrogens is 282 g/mol. The van der Waals surface area contributed by atoms with Crippen LogP contribution in [0, 0.1) is 0 Å². The van der Waals surface area contributed by atoms with Crippen molar-refractivity contribution in [2.45, 2.75) is 46.0 Å². The summed E-state index contributed by atoms with van der Waals surface area (Å²) in [5.74, 6) is 0. The summed E-state index contributed by atoms with van der Waals surface area (Å²) in [5, 5.41) is 0. The first kappa shape index (κ1) is 19.4. The molecule has 2 aromatic carbocycles. The lowest BCUT2D eigenvalue weighted by Gasteiger charge is -2.38. The smallest absolute Gasteiger partial charge is 0.137 e. The van der Waals surface area contributed by atoms with Gasteiger partial charge in [0, 0.05) is 0 Å². The van der Waals surface area contributed by atoms with Crippen LogP contribution in [0.1, 0.15) is 46.0 Å². The van der Waals surface area contributed by atoms with Gasteiger partial charge in [-0.2, -0.15) is 0 Å². The van der Waals surface area contributed by atoms with Gasteiger partial charge in [0.05, 0.1) is 13.1 Å². The Kier molecular flexibility index (Phi) is 8.60. The second-order valence-electron chi connectivity index (χ2n) is 6.15. The molecule has 0 amide bonds. The molecule has 0 unspecified atom stereocenters. The second kappa shape index (κ2) is 10.2. The highest BCUT2D eigenvalue weighted by Crippen LogP contribution is 2.35. The Balaban J connectivity index is 0.00000264. The topological polar surface area (TPSA) is 30.0 Å². The van der Waals surface area contributed by atoms with Gasteiger partial charge in [0.2, 0.25) is 0 Å². The Morgan fingerprint density at radius 3 is 1.57 bits per heavy atom. The Morgan fingerprint density at radius 2 is 1.13 bits per heavy atom. The van der Waals surface area contributed by atoms with Crippen LogP contribution >= 0.6 is 0 Å². The van der Waals surface area contributed by atoms with Crippen LogP contribution in [-0.2, 0) is 0 Å². The van der Waals surface area contributed by atoms with E-state index in [9.17, 15) is 0 Å². The fourth-order valence-corrected chi connectivity index (χ4v) is 3.39. The monoisotopic (exact) mass is 313 g/mol. The molecule has 1 N–H and O–H groups in total. The molecule has 0 fully saturated rings. The quantitative estimate of drug-likeness (QED) is 0.404. The lowest BCUT2D eigenvalue weighted by atomic mass is 10.1. The maximum absolute atomic E-state index is 2.30. The summed E-state index contributed by atoms with van der Waals surface area (Å²) in [4.78, 5) is 0. The van der Waals surface area contributed by atoms with Crippen molar-refractivity contribution in [1.82, 2.24) is 4.48 Å². The van der Waals surface area contributed by atoms with Crippen molar-refractivity contribution in [2.75, 3.05) is 13.1 Å². The van der Waals surface area contributed by atoms with Crippen LogP contribution in [-0.4, -0.2) is 18.6 Å². The summed E-state index contributed by atoms with van der Waals surface area (Å²) in [6.07, 6.45) is 6.45. The molecule has 0 atom stereocenters. The van der Waals surface area contributed by atoms with Gasteiger partial charge in [-0.05, 0) is 43.5 Å². The van der Waals surface area contributed by atoms with Crippen molar-refractivity contribution in [3.8, 4) is 0 Å². The van der Waals surface area contributed by atoms with E-state index in [1.165, 1.54) is 56.6 Å². The summed E-state index contributed by atoms with van der Waals surface area (Å²) in [5.41, 5.74) is 2.85. The normalized spacial score (nSPS) is 11.0. The molecule has 0 saturated heterocycles. The Labute approximate surface area is 141 Å². The standard InChI is InChI=1S/C21H30N.H2O/c1-3-5-6-13-19-22(18-4-2,20-14-9-7-10-15-20)21-16-11-8-12-17-21;/h7-12,14-17H,3-6,13,18-19H2,1-2H3;1H2/q+1;/p-1. The van der Waals surface area contributed by atoms with Crippen LogP contribution in [0.2, 0.25) is 0 Å². The number of hydrogen-bond donors (Lipinski definition) is 0. The molecule has 2 rings (SSSR count). The summed E-state index contributed by atoms with van der Waals surface area (Å²) >= 11 is 0. The highest BCUT2D eigenvalue weighted by Gasteiger charge is 2.31. The van der Waals surface area contributed by atoms with E-state index in [-0.39, 0.29) is 5.48 Å². The van der Waals surface area contributed by atoms with Crippen molar-refractivity contribution < 1.29 is 5.48 Å². The first-order valence-corrected chi connectivity index (χ1v) is 8.82. The zero-order valence-electron chi connectivity index (χ0n) is 14.6. The summed E-state index contributed by atoms with van der Waals surface area (Å²) in [6.45, 7) is 6.94. The molecule has 2 heteroatoms. The third-order valence-electron chi connectivity index (χ3n) is 4.50. The Bertz CT molecular complexity index is 485. The number of rotatable bonds is 9. The molecule has 0 aliphatic heterocycles. The molecule has 0 aliphatic rings. The molecule has 0 bridgehead atoms. The first-order valence-electron chi connectivity index (χ1n) is 8.82. The van der Waals surface area contributed by atoms with Gasteiger partial charge in [-0.25, -0.2) is 0 Å². The van der Waals surface area contributed by atoms with E-state index < -0.39 is 0 Å². The third-order valence-corrected chi connectivity index (χ3v) is 4.50. The van der Waals surface area contributed by atoms with Crippen molar-refractivity contribution in [2.24, 2.45) is 0 Å². The van der Waals surface area contributed by atoms with E-state index in [4.69, 9.17) is 0 Å². The molecule has 2 aromatic rings. The third kappa shape index (κ3) is 4.92. The first-order chi connectivity index (χ1) is 10.8. The SMILES string of the molecule is CCCCCC[N+](CCC)(c1ccccc1)c1ccccc1.[OH-]. The minimum absolute atomic E-state index is 0. The minimum Gasteiger partial charge on any atom is -0.870 e. The average Bonchev–Trinajstić information content (AvgIpc) is 2.59. The highest BCUT2D eigenvalue weighted by molar-refractivity contribution is 5.58. The van der Waals surface area contributed by atoms with Crippen LogP contribution in [0.15, 0.2) is 60.7 Å². The molecule has 0 radical (unpaired) electrons. The van der Waals surface area contributed by atoms with E-state index in [2.05, 4.69) is 74.5 Å². The Morgan fingerprint density at radius 1 is 0.609 bits per heavy atom. The van der Waals surface area contributed by atoms with Crippen LogP contribution in [0.3, 0.4) is 0 Å². The summed E-state index contributed by atoms with van der Waals surface area (Å²) < 4.78 is 0.988. The molecule has 126 valence electrons. The van der Waals surface area contributed by atoms with E-state index in [1.54, 1.807) is 0 Å². The van der Waals surface area contributed by atoms with Gasteiger partial charge in [0.15, 0.2) is 0 Å². The van der Waals surface area contributed by atoms with Crippen molar-refractivity contribution in [1.29, 1.82) is 0 Å². The van der Waals surface area contributed by atoms with E-state index >= 15 is 0 Å². The number of hydrogen-bond acceptors (Lipinski definition) is 1. The molecule has 0 aromatic heterocycles. The maximum Gasteiger partial charge on any atom is 0.137 e. The fraction of sp³-hybridized carbons (Fsp3) is 0.429. The van der Waals surface area contributed by atoms with E-state index in [1.807, 2.05) is 0 Å². The van der Waals surface area contributed by atoms with Gasteiger partial charge in [0.1, 0.15) is 11.4 Å². The van der Waals surface area contributed by atoms with Crippen molar-refractivity contribution in [3.63, 3.8) is 0 Å². The molecular formula is C21H31NO. The van der Waals surface area contributed by atoms with Crippen LogP contribution < -0.4 is 4.48 Å². The second-order valence-corrected chi connectivity index (χ2v) is 6.15. The van der Waals surface area contributed by atoms with Gasteiger partial charge >= 0.3 is 0 Å². The van der Waals surface area contributed by atoms with Gasteiger partial charge < -0.3 is 5.48 Å². The zero-order valence-corrected chi connectivity index (χ0v) is 14.6. The Hall–Kier alpha value is -1.64. The predicted molar refractivity (Wildman–Crippen MR) is 100 cm³/mol. The van der Waals surface area contributed by atoms with E-state index in [0.717, 1.165) is 4.48 Å². The number of para-hydroxylation sites is 2.